The van der Waals surface area contributed by atoms with Crippen LogP contribution in [0.2, 0.25) is 0 Å². The lowest BCUT2D eigenvalue weighted by atomic mass is 10.0. The van der Waals surface area contributed by atoms with Crippen LogP contribution in [0, 0.1) is 0 Å². The Balaban J connectivity index is 1.52. The summed E-state index contributed by atoms with van der Waals surface area (Å²) in [6.07, 6.45) is 6.75. The number of hydrogen-bond acceptors (Lipinski definition) is 9. The number of carboxylic acids is 1. The third-order valence-electron chi connectivity index (χ3n) is 4.78. The van der Waals surface area contributed by atoms with E-state index in [1.54, 1.807) is 5.38 Å². The number of nitrogens with zero attached hydrogens (tertiary/aromatic N) is 3. The number of anilines is 1. The third kappa shape index (κ3) is 3.79. The molecule has 3 aliphatic rings. The number of aliphatic carboxylic acids is 1. The lowest BCUT2D eigenvalue weighted by Crippen LogP contribution is -2.71. The molecule has 1 aromatic heterocycles. The van der Waals surface area contributed by atoms with Crippen LogP contribution < -0.4 is 11.1 Å². The molecule has 2 aliphatic heterocycles. The van der Waals surface area contributed by atoms with Gasteiger partial charge in [0.25, 0.3) is 11.8 Å². The smallest absolute Gasteiger partial charge is 0.352 e. The zero-order valence-electron chi connectivity index (χ0n) is 15.8. The first-order chi connectivity index (χ1) is 14.3. The molecule has 0 radical (unpaired) electrons. The summed E-state index contributed by atoms with van der Waals surface area (Å²) in [7, 11) is 0. The number of thioether (sulfide) groups is 1. The van der Waals surface area contributed by atoms with E-state index in [1.165, 1.54) is 22.7 Å². The predicted octanol–water partition coefficient (Wildman–Crippen LogP) is 0.922. The standard InChI is InChI=1S/C18H19N5O5S2/c1-8-6-11(17(26)27)23-15(25)13(16(23)30-8)21-14(24)12(10-7-29-18(19)20-10)22-28-9-4-2-3-5-9/h2,4,6-9,13,16H,3,5H2,1H3,(H2,19,20)(H,21,24)(H,26,27)/b22-12+. The second-order valence-corrected chi connectivity index (χ2v) is 9.30. The number of nitrogens with two attached hydrogens (primary N) is 1. The first kappa shape index (κ1) is 20.4. The van der Waals surface area contributed by atoms with Gasteiger partial charge in [-0.1, -0.05) is 11.2 Å². The van der Waals surface area contributed by atoms with Gasteiger partial charge in [0.15, 0.2) is 10.8 Å². The normalized spacial score (nSPS) is 27.9. The zero-order valence-corrected chi connectivity index (χ0v) is 17.5. The van der Waals surface area contributed by atoms with E-state index in [4.69, 9.17) is 10.6 Å². The Morgan fingerprint density at radius 2 is 2.27 bits per heavy atom. The molecule has 4 rings (SSSR count). The minimum absolute atomic E-state index is 0.0701. The Bertz CT molecular complexity index is 987. The van der Waals surface area contributed by atoms with Crippen molar-refractivity contribution in [1.29, 1.82) is 0 Å². The lowest BCUT2D eigenvalue weighted by molar-refractivity contribution is -0.150. The van der Waals surface area contributed by atoms with Crippen molar-refractivity contribution in [2.45, 2.75) is 42.5 Å². The molecule has 12 heteroatoms. The number of carbonyl (C=O) groups excluding carboxylic acids is 2. The van der Waals surface area contributed by atoms with Crippen LogP contribution in [0.4, 0.5) is 5.13 Å². The van der Waals surface area contributed by atoms with E-state index in [9.17, 15) is 19.5 Å². The summed E-state index contributed by atoms with van der Waals surface area (Å²) < 4.78 is 0. The fourth-order valence-corrected chi connectivity index (χ4v) is 5.23. The van der Waals surface area contributed by atoms with Crippen molar-refractivity contribution in [1.82, 2.24) is 15.2 Å². The molecule has 1 saturated heterocycles. The van der Waals surface area contributed by atoms with Gasteiger partial charge in [0.1, 0.15) is 28.9 Å². The van der Waals surface area contributed by atoms with Crippen LogP contribution in [0.15, 0.2) is 34.5 Å². The highest BCUT2D eigenvalue weighted by Gasteiger charge is 2.54. The monoisotopic (exact) mass is 449 g/mol. The highest BCUT2D eigenvalue weighted by atomic mass is 32.2. The van der Waals surface area contributed by atoms with Gasteiger partial charge < -0.3 is 21.0 Å². The number of β-lactam (4-membered cyclic amide) rings is 1. The summed E-state index contributed by atoms with van der Waals surface area (Å²) in [5.41, 5.74) is 5.78. The number of nitrogens with one attached hydrogen (secondary N) is 1. The van der Waals surface area contributed by atoms with Gasteiger partial charge in [-0.25, -0.2) is 9.78 Å². The van der Waals surface area contributed by atoms with Gasteiger partial charge in [-0.2, -0.15) is 0 Å². The molecule has 2 amide bonds. The van der Waals surface area contributed by atoms with Gasteiger partial charge in [0, 0.05) is 10.6 Å². The molecule has 1 fully saturated rings. The van der Waals surface area contributed by atoms with Gasteiger partial charge in [-0.3, -0.25) is 14.5 Å². The predicted molar refractivity (Wildman–Crippen MR) is 112 cm³/mol. The van der Waals surface area contributed by atoms with Crippen molar-refractivity contribution < 1.29 is 24.3 Å². The van der Waals surface area contributed by atoms with Crippen LogP contribution in [0.25, 0.3) is 0 Å². The molecule has 4 unspecified atom stereocenters. The highest BCUT2D eigenvalue weighted by Crippen LogP contribution is 2.40. The Kier molecular flexibility index (Phi) is 5.52. The molecule has 4 atom stereocenters. The minimum Gasteiger partial charge on any atom is -0.477 e. The van der Waals surface area contributed by atoms with Gasteiger partial charge in [-0.15, -0.1) is 23.1 Å². The first-order valence-electron chi connectivity index (χ1n) is 9.21. The topological polar surface area (TPSA) is 147 Å². The van der Waals surface area contributed by atoms with Crippen molar-refractivity contribution >= 4 is 51.7 Å². The Labute approximate surface area is 179 Å². The molecule has 10 nitrogen and oxygen atoms in total. The molecule has 158 valence electrons. The van der Waals surface area contributed by atoms with E-state index in [0.717, 1.165) is 24.2 Å². The van der Waals surface area contributed by atoms with Gasteiger partial charge in [0.05, 0.1) is 0 Å². The number of nitrogen functional groups attached to an aromatic ring is 1. The fraction of sp³-hybridized carbons (Fsp3) is 0.389. The Hall–Kier alpha value is -2.86. The van der Waals surface area contributed by atoms with Gasteiger partial charge in [-0.05, 0) is 31.9 Å². The number of allylic oxidation sites excluding steroid dienone is 1. The molecule has 0 bridgehead atoms. The van der Waals surface area contributed by atoms with E-state index in [1.807, 2.05) is 19.1 Å². The minimum atomic E-state index is -1.18. The van der Waals surface area contributed by atoms with Crippen molar-refractivity contribution in [3.05, 3.63) is 35.0 Å². The van der Waals surface area contributed by atoms with Crippen molar-refractivity contribution in [3.63, 3.8) is 0 Å². The maximum absolute atomic E-state index is 13.0. The van der Waals surface area contributed by atoms with E-state index in [2.05, 4.69) is 15.5 Å². The van der Waals surface area contributed by atoms with E-state index < -0.39 is 29.2 Å². The number of aromatic nitrogens is 1. The number of fused-ring (bicyclic) bond motifs is 1. The van der Waals surface area contributed by atoms with Crippen LogP contribution in [0.5, 0.6) is 0 Å². The van der Waals surface area contributed by atoms with Crippen molar-refractivity contribution in [2.75, 3.05) is 5.73 Å². The summed E-state index contributed by atoms with van der Waals surface area (Å²) in [5, 5.41) is 17.2. The zero-order chi connectivity index (χ0) is 21.4. The second kappa shape index (κ2) is 8.11. The van der Waals surface area contributed by atoms with Gasteiger partial charge >= 0.3 is 5.97 Å². The third-order valence-corrected chi connectivity index (χ3v) is 6.78. The molecule has 0 saturated carbocycles. The molecule has 3 heterocycles. The quantitative estimate of drug-likeness (QED) is 0.251. The summed E-state index contributed by atoms with van der Waals surface area (Å²) in [6, 6.07) is -0.874. The highest BCUT2D eigenvalue weighted by molar-refractivity contribution is 8.00. The number of carboxylic acid groups (broad SMARTS) is 1. The van der Waals surface area contributed by atoms with Crippen molar-refractivity contribution in [3.8, 4) is 0 Å². The summed E-state index contributed by atoms with van der Waals surface area (Å²) >= 11 is 2.55. The second-order valence-electron chi connectivity index (χ2n) is 6.91. The largest absolute Gasteiger partial charge is 0.477 e. The average molecular weight is 450 g/mol. The van der Waals surface area contributed by atoms with E-state index in [0.29, 0.717) is 0 Å². The summed E-state index contributed by atoms with van der Waals surface area (Å²) in [4.78, 5) is 47.7. The number of carbonyl (C=O) groups is 3. The number of amides is 2. The lowest BCUT2D eigenvalue weighted by Gasteiger charge is -2.49. The SMILES string of the molecule is CC1C=C(C(=O)O)N2C(=O)C(NC(=O)/C(=N/OC3C=CCC3)c3csc(N)n3)C2S1. The number of oxime groups is 1. The Morgan fingerprint density at radius 3 is 2.90 bits per heavy atom. The molecular formula is C18H19N5O5S2. The van der Waals surface area contributed by atoms with E-state index in [-0.39, 0.29) is 33.6 Å². The summed E-state index contributed by atoms with van der Waals surface area (Å²) in [6.45, 7) is 1.83. The fourth-order valence-electron chi connectivity index (χ4n) is 3.35. The van der Waals surface area contributed by atoms with E-state index >= 15 is 0 Å². The molecule has 1 aliphatic carbocycles. The Morgan fingerprint density at radius 1 is 1.47 bits per heavy atom. The average Bonchev–Trinajstić information content (AvgIpc) is 3.37. The maximum atomic E-state index is 13.0. The van der Waals surface area contributed by atoms with Crippen LogP contribution in [0.3, 0.4) is 0 Å². The number of thiazole rings is 1. The van der Waals surface area contributed by atoms with Crippen molar-refractivity contribution in [2.24, 2.45) is 5.16 Å². The number of rotatable bonds is 6. The molecular weight excluding hydrogens is 430 g/mol. The van der Waals surface area contributed by atoms with Crippen LogP contribution in [0.1, 0.15) is 25.5 Å². The molecule has 30 heavy (non-hydrogen) atoms. The first-order valence-corrected chi connectivity index (χ1v) is 11.0. The van der Waals surface area contributed by atoms with Crippen LogP contribution in [-0.4, -0.2) is 61.3 Å². The van der Waals surface area contributed by atoms with Crippen LogP contribution in [-0.2, 0) is 19.2 Å². The summed E-state index contributed by atoms with van der Waals surface area (Å²) in [5.74, 6) is -2.30. The molecule has 1 aromatic rings. The molecule has 0 aromatic carbocycles. The number of hydrogen-bond donors (Lipinski definition) is 3. The van der Waals surface area contributed by atoms with Crippen LogP contribution >= 0.6 is 23.1 Å². The van der Waals surface area contributed by atoms with Gasteiger partial charge in [0.2, 0.25) is 0 Å². The molecule has 0 spiro atoms. The maximum Gasteiger partial charge on any atom is 0.352 e. The molecule has 4 N–H and O–H groups in total.